The van der Waals surface area contributed by atoms with E-state index < -0.39 is 0 Å². The molecular weight excluding hydrogens is 434 g/mol. The molecule has 5 rings (SSSR count). The summed E-state index contributed by atoms with van der Waals surface area (Å²) in [6, 6.07) is 26.4. The third kappa shape index (κ3) is 4.40. The summed E-state index contributed by atoms with van der Waals surface area (Å²) < 4.78 is 11.1. The second-order valence-corrected chi connectivity index (χ2v) is 7.81. The van der Waals surface area contributed by atoms with Crippen molar-refractivity contribution in [1.29, 1.82) is 0 Å². The summed E-state index contributed by atoms with van der Waals surface area (Å²) in [5, 5.41) is 8.05. The van der Waals surface area contributed by atoms with E-state index >= 15 is 0 Å². The fraction of sp³-hybridized carbons (Fsp3) is 0.0385. The second-order valence-electron chi connectivity index (χ2n) is 7.40. The van der Waals surface area contributed by atoms with Crippen molar-refractivity contribution in [3.05, 3.63) is 90.5 Å². The number of nitrogens with one attached hydrogen (secondary N) is 2. The van der Waals surface area contributed by atoms with Gasteiger partial charge in [-0.1, -0.05) is 30.3 Å². The molecule has 0 unspecified atom stereocenters. The molecule has 0 aliphatic carbocycles. The summed E-state index contributed by atoms with van der Waals surface area (Å²) in [6.45, 7) is 0. The Morgan fingerprint density at radius 3 is 2.52 bits per heavy atom. The van der Waals surface area contributed by atoms with Crippen LogP contribution in [0.4, 0.5) is 5.69 Å². The summed E-state index contributed by atoms with van der Waals surface area (Å²) in [5.41, 5.74) is 3.51. The van der Waals surface area contributed by atoms with E-state index in [1.165, 1.54) is 0 Å². The van der Waals surface area contributed by atoms with E-state index in [1.807, 2.05) is 78.9 Å². The van der Waals surface area contributed by atoms with Gasteiger partial charge in [-0.2, -0.15) is 0 Å². The maximum absolute atomic E-state index is 12.6. The smallest absolute Gasteiger partial charge is 0.257 e. The van der Waals surface area contributed by atoms with E-state index in [-0.39, 0.29) is 11.0 Å². The molecule has 162 valence electrons. The van der Waals surface area contributed by atoms with Crippen LogP contribution in [0.1, 0.15) is 10.4 Å². The van der Waals surface area contributed by atoms with Crippen LogP contribution in [0.5, 0.6) is 5.75 Å². The molecule has 0 saturated carbocycles. The SMILES string of the molecule is COc1ccc2oc(-c3ccc(NC(=S)NC(=O)c4ccc5ccccc5c4)cc3)nc2c1. The fourth-order valence-electron chi connectivity index (χ4n) is 3.52. The van der Waals surface area contributed by atoms with Gasteiger partial charge in [-0.3, -0.25) is 10.1 Å². The van der Waals surface area contributed by atoms with Gasteiger partial charge in [0.05, 0.1) is 7.11 Å². The normalized spacial score (nSPS) is 10.8. The number of oxazole rings is 1. The maximum Gasteiger partial charge on any atom is 0.257 e. The number of rotatable bonds is 4. The predicted octanol–water partition coefficient (Wildman–Crippen LogP) is 5.78. The first-order valence-corrected chi connectivity index (χ1v) is 10.7. The number of anilines is 1. The molecule has 33 heavy (non-hydrogen) atoms. The molecule has 0 aliphatic heterocycles. The van der Waals surface area contributed by atoms with Crippen LogP contribution < -0.4 is 15.4 Å². The number of hydrogen-bond donors (Lipinski definition) is 2. The molecule has 1 aromatic heterocycles. The average Bonchev–Trinajstić information content (AvgIpc) is 3.27. The van der Waals surface area contributed by atoms with Gasteiger partial charge in [-0.15, -0.1) is 0 Å². The van der Waals surface area contributed by atoms with Crippen molar-refractivity contribution in [2.24, 2.45) is 0 Å². The highest BCUT2D eigenvalue weighted by atomic mass is 32.1. The lowest BCUT2D eigenvalue weighted by Crippen LogP contribution is -2.34. The molecule has 0 atom stereocenters. The van der Waals surface area contributed by atoms with Gasteiger partial charge >= 0.3 is 0 Å². The number of methoxy groups -OCH3 is 1. The summed E-state index contributed by atoms with van der Waals surface area (Å²) in [5.74, 6) is 0.968. The van der Waals surface area contributed by atoms with Crippen LogP contribution in [0, 0.1) is 0 Å². The molecule has 2 N–H and O–H groups in total. The minimum Gasteiger partial charge on any atom is -0.497 e. The van der Waals surface area contributed by atoms with Crippen molar-refractivity contribution in [3.63, 3.8) is 0 Å². The maximum atomic E-state index is 12.6. The van der Waals surface area contributed by atoms with Gasteiger partial charge in [0.1, 0.15) is 11.3 Å². The van der Waals surface area contributed by atoms with Gasteiger partial charge in [0.15, 0.2) is 10.7 Å². The molecule has 0 bridgehead atoms. The first-order valence-electron chi connectivity index (χ1n) is 10.3. The minimum atomic E-state index is -0.267. The lowest BCUT2D eigenvalue weighted by atomic mass is 10.1. The molecule has 6 nitrogen and oxygen atoms in total. The Kier molecular flexibility index (Phi) is 5.46. The van der Waals surface area contributed by atoms with Crippen molar-refractivity contribution in [2.45, 2.75) is 0 Å². The lowest BCUT2D eigenvalue weighted by molar-refractivity contribution is 0.0978. The van der Waals surface area contributed by atoms with Gasteiger partial charge in [0.25, 0.3) is 5.91 Å². The Hall–Kier alpha value is -4.23. The van der Waals surface area contributed by atoms with Crippen LogP contribution in [0.15, 0.2) is 89.3 Å². The van der Waals surface area contributed by atoms with Gasteiger partial charge in [-0.05, 0) is 71.5 Å². The number of aromatic nitrogens is 1. The Bertz CT molecular complexity index is 1490. The topological polar surface area (TPSA) is 76.4 Å². The van der Waals surface area contributed by atoms with Crippen LogP contribution in [0.2, 0.25) is 0 Å². The summed E-state index contributed by atoms with van der Waals surface area (Å²) in [4.78, 5) is 17.1. The number of amides is 1. The van der Waals surface area contributed by atoms with Crippen LogP contribution in [0.25, 0.3) is 33.3 Å². The molecule has 1 heterocycles. The summed E-state index contributed by atoms with van der Waals surface area (Å²) in [6.07, 6.45) is 0. The number of hydrogen-bond acceptors (Lipinski definition) is 5. The number of fused-ring (bicyclic) bond motifs is 2. The van der Waals surface area contributed by atoms with Crippen molar-refractivity contribution < 1.29 is 13.9 Å². The molecule has 0 fully saturated rings. The quantitative estimate of drug-likeness (QED) is 0.336. The van der Waals surface area contributed by atoms with Crippen molar-refractivity contribution >= 4 is 50.8 Å². The minimum absolute atomic E-state index is 0.217. The molecule has 5 aromatic rings. The fourth-order valence-corrected chi connectivity index (χ4v) is 3.73. The molecule has 4 aromatic carbocycles. The largest absolute Gasteiger partial charge is 0.497 e. The van der Waals surface area contributed by atoms with Gasteiger partial charge in [0.2, 0.25) is 5.89 Å². The van der Waals surface area contributed by atoms with Gasteiger partial charge < -0.3 is 14.5 Å². The van der Waals surface area contributed by atoms with Crippen LogP contribution >= 0.6 is 12.2 Å². The van der Waals surface area contributed by atoms with E-state index in [0.29, 0.717) is 17.0 Å². The number of thiocarbonyl (C=S) groups is 1. The van der Waals surface area contributed by atoms with Crippen LogP contribution in [-0.2, 0) is 0 Å². The molecule has 7 heteroatoms. The number of benzene rings is 4. The summed E-state index contributed by atoms with van der Waals surface area (Å²) in [7, 11) is 1.61. The zero-order valence-corrected chi connectivity index (χ0v) is 18.5. The third-order valence-electron chi connectivity index (χ3n) is 5.22. The van der Waals surface area contributed by atoms with Crippen LogP contribution in [-0.4, -0.2) is 23.1 Å². The average molecular weight is 454 g/mol. The van der Waals surface area contributed by atoms with Gasteiger partial charge in [0, 0.05) is 22.9 Å². The molecule has 0 aliphatic rings. The molecule has 0 spiro atoms. The first kappa shape index (κ1) is 20.7. The Morgan fingerprint density at radius 2 is 1.73 bits per heavy atom. The van der Waals surface area contributed by atoms with Gasteiger partial charge in [-0.25, -0.2) is 4.98 Å². The van der Waals surface area contributed by atoms with Crippen LogP contribution in [0.3, 0.4) is 0 Å². The number of carbonyl (C=O) groups is 1. The Balaban J connectivity index is 1.25. The first-order chi connectivity index (χ1) is 16.1. The number of nitrogens with zero attached hydrogens (tertiary/aromatic N) is 1. The van der Waals surface area contributed by atoms with E-state index in [9.17, 15) is 4.79 Å². The highest BCUT2D eigenvalue weighted by Gasteiger charge is 2.11. The van der Waals surface area contributed by atoms with Crippen molar-refractivity contribution in [1.82, 2.24) is 10.3 Å². The standard InChI is InChI=1S/C26H19N3O3S/c1-31-21-12-13-23-22(15-21)28-25(32-23)17-8-10-20(11-9-17)27-26(33)29-24(30)19-7-6-16-4-2-3-5-18(16)14-19/h2-15H,1H3,(H2,27,29,30,33). The molecular formula is C26H19N3O3S. The second kappa shape index (κ2) is 8.72. The third-order valence-corrected chi connectivity index (χ3v) is 5.43. The zero-order valence-electron chi connectivity index (χ0n) is 17.7. The van der Waals surface area contributed by atoms with Crippen molar-refractivity contribution in [2.75, 3.05) is 12.4 Å². The predicted molar refractivity (Wildman–Crippen MR) is 134 cm³/mol. The summed E-state index contributed by atoms with van der Waals surface area (Å²) >= 11 is 5.32. The Morgan fingerprint density at radius 1 is 0.939 bits per heavy atom. The molecule has 0 radical (unpaired) electrons. The molecule has 0 saturated heterocycles. The number of ether oxygens (including phenoxy) is 1. The number of carbonyl (C=O) groups excluding carboxylic acids is 1. The highest BCUT2D eigenvalue weighted by Crippen LogP contribution is 2.27. The zero-order chi connectivity index (χ0) is 22.8. The Labute approximate surface area is 195 Å². The van der Waals surface area contributed by atoms with E-state index in [1.54, 1.807) is 13.2 Å². The van der Waals surface area contributed by atoms with Crippen molar-refractivity contribution in [3.8, 4) is 17.2 Å². The monoisotopic (exact) mass is 453 g/mol. The highest BCUT2D eigenvalue weighted by molar-refractivity contribution is 7.80. The molecule has 1 amide bonds. The van der Waals surface area contributed by atoms with E-state index in [0.717, 1.165) is 33.3 Å². The van der Waals surface area contributed by atoms with E-state index in [2.05, 4.69) is 15.6 Å². The lowest BCUT2D eigenvalue weighted by Gasteiger charge is -2.10. The van der Waals surface area contributed by atoms with E-state index in [4.69, 9.17) is 21.4 Å².